The van der Waals surface area contributed by atoms with Crippen molar-refractivity contribution in [2.45, 2.75) is 0 Å². The molecule has 0 radical (unpaired) electrons. The molecule has 0 aliphatic carbocycles. The van der Waals surface area contributed by atoms with Gasteiger partial charge >= 0.3 is 0 Å². The third-order valence-electron chi connectivity index (χ3n) is 3.87. The number of hydrogen-bond acceptors (Lipinski definition) is 5. The molecule has 1 aliphatic rings. The van der Waals surface area contributed by atoms with Crippen molar-refractivity contribution < 1.29 is 18.7 Å². The highest BCUT2D eigenvalue weighted by atomic mass is 32.2. The summed E-state index contributed by atoms with van der Waals surface area (Å²) in [4.78, 5) is 28.0. The van der Waals surface area contributed by atoms with E-state index >= 15 is 0 Å². The van der Waals surface area contributed by atoms with Crippen LogP contribution in [0, 0.1) is 5.82 Å². The van der Waals surface area contributed by atoms with E-state index in [1.807, 2.05) is 19.0 Å². The van der Waals surface area contributed by atoms with Crippen LogP contribution in [0.2, 0.25) is 0 Å². The topological polar surface area (TPSA) is 49.9 Å². The highest BCUT2D eigenvalue weighted by Gasteiger charge is 2.34. The average molecular weight is 386 g/mol. The molecule has 3 rings (SSSR count). The van der Waals surface area contributed by atoms with Gasteiger partial charge in [0, 0.05) is 13.1 Å². The van der Waals surface area contributed by atoms with Crippen LogP contribution in [0.5, 0.6) is 11.5 Å². The second-order valence-electron chi connectivity index (χ2n) is 6.26. The molecule has 1 saturated heterocycles. The molecular weight excluding hydrogens is 367 g/mol. The number of benzene rings is 2. The highest BCUT2D eigenvalue weighted by molar-refractivity contribution is 8.18. The van der Waals surface area contributed by atoms with Crippen LogP contribution in [0.4, 0.5) is 9.18 Å². The first-order chi connectivity index (χ1) is 12.9. The molecule has 1 heterocycles. The number of rotatable bonds is 6. The Kier molecular flexibility index (Phi) is 5.93. The fourth-order valence-corrected chi connectivity index (χ4v) is 3.28. The minimum Gasteiger partial charge on any atom is -0.457 e. The van der Waals surface area contributed by atoms with Crippen molar-refractivity contribution in [2.24, 2.45) is 0 Å². The zero-order valence-corrected chi connectivity index (χ0v) is 15.8. The molecule has 2 amide bonds. The van der Waals surface area contributed by atoms with Gasteiger partial charge in [0.05, 0.1) is 4.91 Å². The van der Waals surface area contributed by atoms with Gasteiger partial charge in [-0.25, -0.2) is 4.39 Å². The van der Waals surface area contributed by atoms with E-state index in [1.54, 1.807) is 42.5 Å². The normalized spacial score (nSPS) is 15.9. The molecule has 1 aliphatic heterocycles. The van der Waals surface area contributed by atoms with Gasteiger partial charge in [0.2, 0.25) is 0 Å². The van der Waals surface area contributed by atoms with Gasteiger partial charge in [-0.05, 0) is 73.9 Å². The summed E-state index contributed by atoms with van der Waals surface area (Å²) in [7, 11) is 3.79. The van der Waals surface area contributed by atoms with E-state index in [9.17, 15) is 14.0 Å². The van der Waals surface area contributed by atoms with E-state index in [1.165, 1.54) is 17.0 Å². The Morgan fingerprint density at radius 2 is 1.63 bits per heavy atom. The smallest absolute Gasteiger partial charge is 0.293 e. The summed E-state index contributed by atoms with van der Waals surface area (Å²) in [5.41, 5.74) is 0.791. The van der Waals surface area contributed by atoms with Crippen LogP contribution in [0.1, 0.15) is 5.56 Å². The lowest BCUT2D eigenvalue weighted by atomic mass is 10.2. The molecule has 0 saturated carbocycles. The number of ether oxygens (including phenoxy) is 1. The van der Waals surface area contributed by atoms with Crippen molar-refractivity contribution in [3.63, 3.8) is 0 Å². The second-order valence-corrected chi connectivity index (χ2v) is 7.25. The first-order valence-electron chi connectivity index (χ1n) is 8.36. The van der Waals surface area contributed by atoms with Crippen molar-refractivity contribution in [1.82, 2.24) is 9.80 Å². The van der Waals surface area contributed by atoms with E-state index < -0.39 is 0 Å². The quantitative estimate of drug-likeness (QED) is 0.696. The molecule has 2 aromatic carbocycles. The molecule has 0 spiro atoms. The lowest BCUT2D eigenvalue weighted by Gasteiger charge is -2.15. The van der Waals surface area contributed by atoms with Crippen LogP contribution in [0.3, 0.4) is 0 Å². The molecule has 0 unspecified atom stereocenters. The van der Waals surface area contributed by atoms with Gasteiger partial charge in [-0.1, -0.05) is 12.1 Å². The molecule has 2 aromatic rings. The molecule has 0 N–H and O–H groups in total. The maximum Gasteiger partial charge on any atom is 0.293 e. The molecule has 0 bridgehead atoms. The Morgan fingerprint density at radius 3 is 2.22 bits per heavy atom. The largest absolute Gasteiger partial charge is 0.457 e. The summed E-state index contributed by atoms with van der Waals surface area (Å²) in [6.45, 7) is 1.00. The predicted octanol–water partition coefficient (Wildman–Crippen LogP) is 4.22. The van der Waals surface area contributed by atoms with Crippen LogP contribution in [-0.4, -0.2) is 48.1 Å². The van der Waals surface area contributed by atoms with E-state index in [-0.39, 0.29) is 17.0 Å². The molecule has 5 nitrogen and oxygen atoms in total. The summed E-state index contributed by atoms with van der Waals surface area (Å²) < 4.78 is 18.6. The number of halogens is 1. The molecular formula is C20H19FN2O3S. The Morgan fingerprint density at radius 1 is 1.04 bits per heavy atom. The van der Waals surface area contributed by atoms with E-state index in [2.05, 4.69) is 0 Å². The van der Waals surface area contributed by atoms with Gasteiger partial charge in [-0.2, -0.15) is 0 Å². The van der Waals surface area contributed by atoms with E-state index in [0.717, 1.165) is 17.3 Å². The van der Waals surface area contributed by atoms with Crippen LogP contribution in [0.15, 0.2) is 53.4 Å². The van der Waals surface area contributed by atoms with Crippen molar-refractivity contribution in [2.75, 3.05) is 27.2 Å². The number of amides is 2. The predicted molar refractivity (Wildman–Crippen MR) is 104 cm³/mol. The van der Waals surface area contributed by atoms with Gasteiger partial charge in [0.15, 0.2) is 0 Å². The maximum absolute atomic E-state index is 12.9. The molecule has 7 heteroatoms. The van der Waals surface area contributed by atoms with E-state index in [0.29, 0.717) is 29.5 Å². The van der Waals surface area contributed by atoms with Gasteiger partial charge in [-0.3, -0.25) is 14.5 Å². The molecule has 27 heavy (non-hydrogen) atoms. The number of likely N-dealkylation sites (N-methyl/N-ethyl adjacent to an activating group) is 1. The number of nitrogens with zero attached hydrogens (tertiary/aromatic N) is 2. The lowest BCUT2D eigenvalue weighted by molar-refractivity contribution is -0.122. The average Bonchev–Trinajstić information content (AvgIpc) is 2.90. The number of carbonyl (C=O) groups excluding carboxylic acids is 2. The second kappa shape index (κ2) is 8.37. The lowest BCUT2D eigenvalue weighted by Crippen LogP contribution is -2.34. The summed E-state index contributed by atoms with van der Waals surface area (Å²) in [6.07, 6.45) is 1.70. The standard InChI is InChI=1S/C20H19FN2O3S/c1-22(2)11-12-23-19(24)18(27-20(23)25)13-14-3-7-16(8-4-14)26-17-9-5-15(21)6-10-17/h3-10,13H,11-12H2,1-2H3/b18-13-. The Balaban J connectivity index is 1.67. The van der Waals surface area contributed by atoms with Crippen LogP contribution in [-0.2, 0) is 4.79 Å². The number of hydrogen-bond donors (Lipinski definition) is 0. The summed E-state index contributed by atoms with van der Waals surface area (Å²) in [6, 6.07) is 12.9. The highest BCUT2D eigenvalue weighted by Crippen LogP contribution is 2.32. The van der Waals surface area contributed by atoms with Crippen molar-refractivity contribution in [1.29, 1.82) is 0 Å². The van der Waals surface area contributed by atoms with Crippen LogP contribution < -0.4 is 4.74 Å². The zero-order chi connectivity index (χ0) is 19.4. The Hall–Kier alpha value is -2.64. The minimum absolute atomic E-state index is 0.246. The number of imide groups is 1. The summed E-state index contributed by atoms with van der Waals surface area (Å²) in [5.74, 6) is 0.541. The van der Waals surface area contributed by atoms with Crippen molar-refractivity contribution in [3.05, 3.63) is 64.8 Å². The summed E-state index contributed by atoms with van der Waals surface area (Å²) >= 11 is 0.950. The molecule has 0 aromatic heterocycles. The van der Waals surface area contributed by atoms with Crippen LogP contribution in [0.25, 0.3) is 6.08 Å². The number of thioether (sulfide) groups is 1. The zero-order valence-electron chi connectivity index (χ0n) is 15.0. The third kappa shape index (κ3) is 4.96. The maximum atomic E-state index is 12.9. The fraction of sp³-hybridized carbons (Fsp3) is 0.200. The minimum atomic E-state index is -0.322. The molecule has 0 atom stereocenters. The van der Waals surface area contributed by atoms with Gasteiger partial charge in [0.1, 0.15) is 17.3 Å². The fourth-order valence-electron chi connectivity index (χ4n) is 2.41. The third-order valence-corrected chi connectivity index (χ3v) is 4.78. The monoisotopic (exact) mass is 386 g/mol. The first kappa shape index (κ1) is 19.1. The van der Waals surface area contributed by atoms with Gasteiger partial charge < -0.3 is 9.64 Å². The van der Waals surface area contributed by atoms with Gasteiger partial charge in [-0.15, -0.1) is 0 Å². The molecule has 140 valence electrons. The number of carbonyl (C=O) groups is 2. The Labute approximate surface area is 161 Å². The Bertz CT molecular complexity index is 864. The van der Waals surface area contributed by atoms with Gasteiger partial charge in [0.25, 0.3) is 11.1 Å². The summed E-state index contributed by atoms with van der Waals surface area (Å²) in [5, 5.41) is -0.246. The molecule has 1 fully saturated rings. The SMILES string of the molecule is CN(C)CCN1C(=O)S/C(=C\c2ccc(Oc3ccc(F)cc3)cc2)C1=O. The van der Waals surface area contributed by atoms with Crippen molar-refractivity contribution in [3.8, 4) is 11.5 Å². The van der Waals surface area contributed by atoms with Crippen molar-refractivity contribution >= 4 is 29.0 Å². The first-order valence-corrected chi connectivity index (χ1v) is 9.17. The van der Waals surface area contributed by atoms with Crippen LogP contribution >= 0.6 is 11.8 Å². The van der Waals surface area contributed by atoms with E-state index in [4.69, 9.17) is 4.74 Å².